The predicted molar refractivity (Wildman–Crippen MR) is 104 cm³/mol. The van der Waals surface area contributed by atoms with Crippen LogP contribution < -0.4 is 5.32 Å². The van der Waals surface area contributed by atoms with E-state index >= 15 is 0 Å². The monoisotopic (exact) mass is 371 g/mol. The van der Waals surface area contributed by atoms with Crippen LogP contribution in [-0.4, -0.2) is 37.4 Å². The Kier molecular flexibility index (Phi) is 6.81. The van der Waals surface area contributed by atoms with Crippen LogP contribution in [0.2, 0.25) is 0 Å². The molecule has 2 aromatic rings. The quantitative estimate of drug-likeness (QED) is 0.570. The van der Waals surface area contributed by atoms with Gasteiger partial charge in [-0.3, -0.25) is 4.79 Å². The third kappa shape index (κ3) is 4.64. The first-order chi connectivity index (χ1) is 12.4. The molecule has 0 atom stereocenters. The summed E-state index contributed by atoms with van der Waals surface area (Å²) in [5.41, 5.74) is 1.53. The zero-order valence-corrected chi connectivity index (χ0v) is 16.5. The summed E-state index contributed by atoms with van der Waals surface area (Å²) in [6, 6.07) is 8.08. The molecule has 0 aliphatic rings. The molecule has 0 saturated carbocycles. The molecule has 1 N–H and O–H groups in total. The Bertz CT molecular complexity index is 772. The summed E-state index contributed by atoms with van der Waals surface area (Å²) >= 11 is 1.29. The maximum absolute atomic E-state index is 12.3. The minimum absolute atomic E-state index is 0.124. The first kappa shape index (κ1) is 20.0. The van der Waals surface area contributed by atoms with E-state index in [0.717, 1.165) is 5.69 Å². The number of amides is 1. The van der Waals surface area contributed by atoms with E-state index in [4.69, 9.17) is 6.42 Å². The fourth-order valence-electron chi connectivity index (χ4n) is 2.53. The van der Waals surface area contributed by atoms with E-state index in [2.05, 4.69) is 52.7 Å². The van der Waals surface area contributed by atoms with Gasteiger partial charge in [-0.1, -0.05) is 57.5 Å². The minimum atomic E-state index is -0.587. The highest BCUT2D eigenvalue weighted by molar-refractivity contribution is 7.99. The second kappa shape index (κ2) is 8.86. The maximum Gasteiger partial charge on any atom is 0.231 e. The molecule has 1 heterocycles. The Morgan fingerprint density at radius 3 is 2.50 bits per heavy atom. The van der Waals surface area contributed by atoms with E-state index in [1.54, 1.807) is 4.68 Å². The van der Waals surface area contributed by atoms with Gasteiger partial charge in [0.15, 0.2) is 0 Å². The van der Waals surface area contributed by atoms with Crippen molar-refractivity contribution in [3.05, 3.63) is 29.8 Å². The molecule has 2 rings (SSSR count). The molecular weight excluding hydrogens is 346 g/mol. The number of nitrogens with one attached hydrogen (secondary N) is 1. The second-order valence-corrected chi connectivity index (χ2v) is 7.33. The standard InChI is InChI=1S/C19H25N5OS/c1-6-19(7-2,8-3)20-17(25)13-26-18-21-22-23-24(18)16-11-9-15(10-12-16)14(4)5/h1,9-12,14H,7-8,13H2,2-5H3,(H,20,25). The molecule has 0 radical (unpaired) electrons. The van der Waals surface area contributed by atoms with E-state index in [0.29, 0.717) is 23.9 Å². The molecule has 0 aliphatic heterocycles. The van der Waals surface area contributed by atoms with Gasteiger partial charge < -0.3 is 5.32 Å². The van der Waals surface area contributed by atoms with Crippen LogP contribution in [0.1, 0.15) is 52.0 Å². The van der Waals surface area contributed by atoms with Gasteiger partial charge in [-0.25, -0.2) is 0 Å². The van der Waals surface area contributed by atoms with Crippen LogP contribution in [-0.2, 0) is 4.79 Å². The largest absolute Gasteiger partial charge is 0.339 e. The lowest BCUT2D eigenvalue weighted by Gasteiger charge is -2.26. The van der Waals surface area contributed by atoms with E-state index in [1.165, 1.54) is 17.3 Å². The van der Waals surface area contributed by atoms with Gasteiger partial charge in [0, 0.05) is 0 Å². The number of tetrazole rings is 1. The molecule has 1 aromatic carbocycles. The number of carbonyl (C=O) groups excluding carboxylic acids is 1. The molecule has 0 fully saturated rings. The van der Waals surface area contributed by atoms with Crippen LogP contribution in [0.4, 0.5) is 0 Å². The van der Waals surface area contributed by atoms with Crippen LogP contribution in [0.15, 0.2) is 29.4 Å². The van der Waals surface area contributed by atoms with Crippen LogP contribution in [0.25, 0.3) is 5.69 Å². The molecule has 1 amide bonds. The van der Waals surface area contributed by atoms with E-state index < -0.39 is 5.54 Å². The van der Waals surface area contributed by atoms with Crippen molar-refractivity contribution in [2.45, 2.75) is 57.1 Å². The molecule has 0 aliphatic carbocycles. The maximum atomic E-state index is 12.3. The van der Waals surface area contributed by atoms with Crippen molar-refractivity contribution in [1.29, 1.82) is 0 Å². The van der Waals surface area contributed by atoms with Crippen LogP contribution in [0.5, 0.6) is 0 Å². The van der Waals surface area contributed by atoms with Crippen LogP contribution in [0.3, 0.4) is 0 Å². The Labute approximate surface area is 159 Å². The van der Waals surface area contributed by atoms with Gasteiger partial charge in [-0.15, -0.1) is 11.5 Å². The Morgan fingerprint density at radius 2 is 1.96 bits per heavy atom. The first-order valence-electron chi connectivity index (χ1n) is 8.75. The summed E-state index contributed by atoms with van der Waals surface area (Å²) < 4.78 is 1.64. The molecule has 0 spiro atoms. The molecule has 1 aromatic heterocycles. The van der Waals surface area contributed by atoms with Crippen LogP contribution in [0, 0.1) is 12.3 Å². The van der Waals surface area contributed by atoms with Crippen LogP contribution >= 0.6 is 11.8 Å². The zero-order valence-electron chi connectivity index (χ0n) is 15.7. The third-order valence-electron chi connectivity index (χ3n) is 4.44. The third-order valence-corrected chi connectivity index (χ3v) is 5.36. The van der Waals surface area contributed by atoms with Crippen molar-refractivity contribution in [2.75, 3.05) is 5.75 Å². The van der Waals surface area contributed by atoms with Gasteiger partial charge in [-0.05, 0) is 46.9 Å². The van der Waals surface area contributed by atoms with Crippen molar-refractivity contribution in [3.63, 3.8) is 0 Å². The summed E-state index contributed by atoms with van der Waals surface area (Å²) in [7, 11) is 0. The van der Waals surface area contributed by atoms with Crippen molar-refractivity contribution < 1.29 is 4.79 Å². The van der Waals surface area contributed by atoms with E-state index in [9.17, 15) is 4.79 Å². The van der Waals surface area contributed by atoms with Gasteiger partial charge in [-0.2, -0.15) is 4.68 Å². The predicted octanol–water partition coefficient (Wildman–Crippen LogP) is 3.19. The van der Waals surface area contributed by atoms with Crippen molar-refractivity contribution in [1.82, 2.24) is 25.5 Å². The highest BCUT2D eigenvalue weighted by Gasteiger charge is 2.25. The number of thioether (sulfide) groups is 1. The zero-order chi connectivity index (χ0) is 19.2. The number of carbonyl (C=O) groups is 1. The summed E-state index contributed by atoms with van der Waals surface area (Å²) in [5.74, 6) is 3.24. The fourth-order valence-corrected chi connectivity index (χ4v) is 3.22. The van der Waals surface area contributed by atoms with Gasteiger partial charge in [0.2, 0.25) is 11.1 Å². The molecule has 7 heteroatoms. The molecule has 138 valence electrons. The molecule has 0 bridgehead atoms. The molecule has 26 heavy (non-hydrogen) atoms. The van der Waals surface area contributed by atoms with Gasteiger partial charge in [0.1, 0.15) is 5.54 Å². The van der Waals surface area contributed by atoms with Crippen molar-refractivity contribution in [2.24, 2.45) is 0 Å². The average molecular weight is 372 g/mol. The highest BCUT2D eigenvalue weighted by atomic mass is 32.2. The normalized spacial score (nSPS) is 11.4. The Hall–Kier alpha value is -2.33. The van der Waals surface area contributed by atoms with Gasteiger partial charge in [0.05, 0.1) is 11.4 Å². The lowest BCUT2D eigenvalue weighted by atomic mass is 9.94. The van der Waals surface area contributed by atoms with Gasteiger partial charge in [0.25, 0.3) is 0 Å². The van der Waals surface area contributed by atoms with E-state index in [-0.39, 0.29) is 11.7 Å². The summed E-state index contributed by atoms with van der Waals surface area (Å²) in [4.78, 5) is 12.3. The number of nitrogens with zero attached hydrogens (tertiary/aromatic N) is 4. The molecule has 0 unspecified atom stereocenters. The first-order valence-corrected chi connectivity index (χ1v) is 9.73. The van der Waals surface area contributed by atoms with Gasteiger partial charge >= 0.3 is 0 Å². The lowest BCUT2D eigenvalue weighted by molar-refractivity contribution is -0.119. The van der Waals surface area contributed by atoms with Crippen molar-refractivity contribution >= 4 is 17.7 Å². The van der Waals surface area contributed by atoms with E-state index in [1.807, 2.05) is 26.0 Å². The Morgan fingerprint density at radius 1 is 1.31 bits per heavy atom. The fraction of sp³-hybridized carbons (Fsp3) is 0.474. The lowest BCUT2D eigenvalue weighted by Crippen LogP contribution is -2.47. The number of rotatable bonds is 8. The SMILES string of the molecule is C#CC(CC)(CC)NC(=O)CSc1nnnn1-c1ccc(C(C)C)cc1. The molecule has 0 saturated heterocycles. The Balaban J connectivity index is 2.05. The summed E-state index contributed by atoms with van der Waals surface area (Å²) in [6.07, 6.45) is 6.97. The topological polar surface area (TPSA) is 72.7 Å². The number of terminal acetylenes is 1. The number of hydrogen-bond donors (Lipinski definition) is 1. The average Bonchev–Trinajstić information content (AvgIpc) is 3.13. The van der Waals surface area contributed by atoms with Crippen molar-refractivity contribution in [3.8, 4) is 18.0 Å². The minimum Gasteiger partial charge on any atom is -0.339 e. The summed E-state index contributed by atoms with van der Waals surface area (Å²) in [6.45, 7) is 8.24. The highest BCUT2D eigenvalue weighted by Crippen LogP contribution is 2.21. The number of hydrogen-bond acceptors (Lipinski definition) is 5. The summed E-state index contributed by atoms with van der Waals surface area (Å²) in [5, 5.41) is 15.3. The smallest absolute Gasteiger partial charge is 0.231 e. The molecular formula is C19H25N5OS. The number of aromatic nitrogens is 4. The molecule has 6 nitrogen and oxygen atoms in total. The second-order valence-electron chi connectivity index (χ2n) is 6.39. The number of benzene rings is 1.